The molecule has 0 bridgehead atoms. The number of hydrogen-bond donors (Lipinski definition) is 1. The summed E-state index contributed by atoms with van der Waals surface area (Å²) in [6.07, 6.45) is 3.97. The summed E-state index contributed by atoms with van der Waals surface area (Å²) in [7, 11) is 0. The van der Waals surface area contributed by atoms with E-state index in [1.165, 1.54) is 0 Å². The van der Waals surface area contributed by atoms with Gasteiger partial charge in [0.25, 0.3) is 0 Å². The summed E-state index contributed by atoms with van der Waals surface area (Å²) in [4.78, 5) is 19.5. The van der Waals surface area contributed by atoms with Crippen LogP contribution in [0.1, 0.15) is 24.0 Å². The zero-order chi connectivity index (χ0) is 19.1. The Labute approximate surface area is 168 Å². The molecule has 3 aliphatic rings. The van der Waals surface area contributed by atoms with E-state index in [1.54, 1.807) is 5.01 Å². The van der Waals surface area contributed by atoms with Crippen LogP contribution >= 0.6 is 11.6 Å². The second-order valence-corrected chi connectivity index (χ2v) is 7.53. The summed E-state index contributed by atoms with van der Waals surface area (Å²) in [5.41, 5.74) is 7.94. The van der Waals surface area contributed by atoms with Crippen molar-refractivity contribution in [1.82, 2.24) is 15.4 Å². The Hall–Kier alpha value is -2.83. The first kappa shape index (κ1) is 17.3. The number of urea groups is 1. The van der Waals surface area contributed by atoms with Crippen LogP contribution in [0.2, 0.25) is 5.02 Å². The lowest BCUT2D eigenvalue weighted by Gasteiger charge is -2.27. The molecule has 2 aromatic carbocycles. The normalized spacial score (nSPS) is 18.4. The van der Waals surface area contributed by atoms with Crippen molar-refractivity contribution >= 4 is 29.0 Å². The number of nitrogens with one attached hydrogen (secondary N) is 1. The first-order valence-electron chi connectivity index (χ1n) is 9.46. The van der Waals surface area contributed by atoms with E-state index in [9.17, 15) is 4.79 Å². The Balaban J connectivity index is 1.54. The zero-order valence-corrected chi connectivity index (χ0v) is 16.1. The van der Waals surface area contributed by atoms with Gasteiger partial charge < -0.3 is 4.90 Å². The molecule has 1 fully saturated rings. The van der Waals surface area contributed by atoms with Gasteiger partial charge in [0, 0.05) is 29.2 Å². The van der Waals surface area contributed by atoms with Crippen molar-refractivity contribution in [2.24, 2.45) is 4.99 Å². The topological polar surface area (TPSA) is 51.2 Å². The van der Waals surface area contributed by atoms with Crippen molar-refractivity contribution in [3.8, 4) is 0 Å². The Bertz CT molecular complexity index is 982. The summed E-state index contributed by atoms with van der Waals surface area (Å²) < 4.78 is 0. The highest BCUT2D eigenvalue weighted by Crippen LogP contribution is 2.33. The van der Waals surface area contributed by atoms with Crippen LogP contribution in [0.25, 0.3) is 0 Å². The number of amides is 2. The fourth-order valence-corrected chi connectivity index (χ4v) is 4.04. The summed E-state index contributed by atoms with van der Waals surface area (Å²) >= 11 is 6.31. The average Bonchev–Trinajstić information content (AvgIpc) is 3.37. The van der Waals surface area contributed by atoms with Crippen LogP contribution in [-0.4, -0.2) is 41.3 Å². The van der Waals surface area contributed by atoms with E-state index < -0.39 is 0 Å². The van der Waals surface area contributed by atoms with E-state index in [0.717, 1.165) is 54.2 Å². The number of carbonyl (C=O) groups is 1. The lowest BCUT2D eigenvalue weighted by molar-refractivity contribution is 0.167. The number of hydrazine groups is 2. The number of benzene rings is 2. The number of hydrogen-bond acceptors (Lipinski definition) is 4. The quantitative estimate of drug-likeness (QED) is 0.802. The summed E-state index contributed by atoms with van der Waals surface area (Å²) in [6.45, 7) is 2.08. The molecule has 0 radical (unpaired) electrons. The summed E-state index contributed by atoms with van der Waals surface area (Å²) in [5, 5.41) is 4.14. The number of nitrogens with zero attached hydrogens (tertiary/aromatic N) is 4. The van der Waals surface area contributed by atoms with Crippen LogP contribution in [0.4, 0.5) is 10.5 Å². The molecule has 1 saturated heterocycles. The van der Waals surface area contributed by atoms with Gasteiger partial charge >= 0.3 is 6.03 Å². The Morgan fingerprint density at radius 2 is 1.86 bits per heavy atom. The second-order valence-electron chi connectivity index (χ2n) is 7.09. The van der Waals surface area contributed by atoms with E-state index >= 15 is 0 Å². The van der Waals surface area contributed by atoms with Crippen molar-refractivity contribution in [2.45, 2.75) is 12.8 Å². The van der Waals surface area contributed by atoms with Gasteiger partial charge in [-0.2, -0.15) is 0 Å². The highest BCUT2D eigenvalue weighted by Gasteiger charge is 2.33. The number of fused-ring (bicyclic) bond motifs is 3. The number of likely N-dealkylation sites (tertiary alicyclic amines) is 1. The molecule has 0 spiro atoms. The van der Waals surface area contributed by atoms with E-state index in [4.69, 9.17) is 16.6 Å². The van der Waals surface area contributed by atoms with E-state index in [-0.39, 0.29) is 6.03 Å². The standard InChI is InChI=1S/C21H20ClN5O/c22-16-8-9-19-18(12-16)20(15-6-2-1-3-7-15)23-13-17-14-26(24-27(17)19)21(28)25-10-4-5-11-25/h1-3,6-9,12,14,24H,4-5,10-11,13H2. The van der Waals surface area contributed by atoms with Gasteiger partial charge in [0.2, 0.25) is 0 Å². The number of aliphatic imine (C=N–C) groups is 1. The van der Waals surface area contributed by atoms with Crippen LogP contribution in [0.5, 0.6) is 0 Å². The Morgan fingerprint density at radius 3 is 2.64 bits per heavy atom. The highest BCUT2D eigenvalue weighted by atomic mass is 35.5. The van der Waals surface area contributed by atoms with E-state index in [0.29, 0.717) is 11.6 Å². The van der Waals surface area contributed by atoms with Crippen molar-refractivity contribution in [2.75, 3.05) is 24.6 Å². The van der Waals surface area contributed by atoms with E-state index in [1.807, 2.05) is 64.6 Å². The molecule has 3 heterocycles. The maximum atomic E-state index is 12.8. The molecule has 7 heteroatoms. The molecule has 142 valence electrons. The largest absolute Gasteiger partial charge is 0.340 e. The molecule has 0 aliphatic carbocycles. The summed E-state index contributed by atoms with van der Waals surface area (Å²) in [6, 6.07) is 15.8. The van der Waals surface area contributed by atoms with Crippen molar-refractivity contribution in [1.29, 1.82) is 0 Å². The van der Waals surface area contributed by atoms with Crippen molar-refractivity contribution in [3.05, 3.63) is 76.6 Å². The third-order valence-electron chi connectivity index (χ3n) is 5.26. The van der Waals surface area contributed by atoms with Gasteiger partial charge in [-0.3, -0.25) is 10.0 Å². The molecule has 0 aromatic heterocycles. The molecule has 0 saturated carbocycles. The smallest absolute Gasteiger partial charge is 0.323 e. The number of halogens is 1. The molecule has 2 amide bonds. The van der Waals surface area contributed by atoms with Crippen LogP contribution in [0, 0.1) is 0 Å². The molecule has 2 aromatic rings. The molecule has 1 N–H and O–H groups in total. The first-order valence-corrected chi connectivity index (χ1v) is 9.83. The lowest BCUT2D eigenvalue weighted by atomic mass is 10.0. The second kappa shape index (κ2) is 6.96. The predicted molar refractivity (Wildman–Crippen MR) is 110 cm³/mol. The van der Waals surface area contributed by atoms with Gasteiger partial charge in [-0.1, -0.05) is 41.9 Å². The molecule has 0 unspecified atom stereocenters. The molecule has 0 atom stereocenters. The van der Waals surface area contributed by atoms with Gasteiger partial charge in [-0.05, 0) is 31.0 Å². The van der Waals surface area contributed by atoms with Crippen LogP contribution in [0.3, 0.4) is 0 Å². The first-order chi connectivity index (χ1) is 13.7. The maximum absolute atomic E-state index is 12.8. The van der Waals surface area contributed by atoms with Gasteiger partial charge in [0.1, 0.15) is 0 Å². The minimum Gasteiger partial charge on any atom is -0.323 e. The fraction of sp³-hybridized carbons (Fsp3) is 0.238. The van der Waals surface area contributed by atoms with Crippen LogP contribution in [-0.2, 0) is 0 Å². The molecule has 5 rings (SSSR count). The Kier molecular flexibility index (Phi) is 4.30. The number of carbonyl (C=O) groups excluding carboxylic acids is 1. The van der Waals surface area contributed by atoms with Crippen LogP contribution in [0.15, 0.2) is 65.4 Å². The molecule has 3 aliphatic heterocycles. The molecule has 6 nitrogen and oxygen atoms in total. The molecular formula is C21H20ClN5O. The van der Waals surface area contributed by atoms with Crippen molar-refractivity contribution in [3.63, 3.8) is 0 Å². The van der Waals surface area contributed by atoms with E-state index in [2.05, 4.69) is 5.53 Å². The minimum absolute atomic E-state index is 0.0270. The average molecular weight is 394 g/mol. The fourth-order valence-electron chi connectivity index (χ4n) is 3.87. The SMILES string of the molecule is O=C(N1CCCC1)N1C=C2CN=C(c3ccccc3)c3cc(Cl)ccc3N2N1. The predicted octanol–water partition coefficient (Wildman–Crippen LogP) is 3.79. The Morgan fingerprint density at radius 1 is 1.07 bits per heavy atom. The lowest BCUT2D eigenvalue weighted by Crippen LogP contribution is -2.48. The van der Waals surface area contributed by atoms with Gasteiger partial charge in [-0.25, -0.2) is 9.80 Å². The number of anilines is 1. The third kappa shape index (κ3) is 2.95. The van der Waals surface area contributed by atoms with Gasteiger partial charge in [0.15, 0.2) is 0 Å². The van der Waals surface area contributed by atoms with Gasteiger partial charge in [-0.15, -0.1) is 5.53 Å². The van der Waals surface area contributed by atoms with Crippen LogP contribution < -0.4 is 10.5 Å². The molecular weight excluding hydrogens is 374 g/mol. The monoisotopic (exact) mass is 393 g/mol. The number of rotatable bonds is 1. The third-order valence-corrected chi connectivity index (χ3v) is 5.49. The zero-order valence-electron chi connectivity index (χ0n) is 15.3. The van der Waals surface area contributed by atoms with Gasteiger partial charge in [0.05, 0.1) is 29.8 Å². The highest BCUT2D eigenvalue weighted by molar-refractivity contribution is 6.31. The molecule has 28 heavy (non-hydrogen) atoms. The summed E-state index contributed by atoms with van der Waals surface area (Å²) in [5.74, 6) is 0. The minimum atomic E-state index is -0.0270. The maximum Gasteiger partial charge on any atom is 0.340 e. The van der Waals surface area contributed by atoms with Crippen molar-refractivity contribution < 1.29 is 4.79 Å².